The molecule has 2 aromatic rings. The van der Waals surface area contributed by atoms with Crippen molar-refractivity contribution in [2.45, 2.75) is 19.2 Å². The van der Waals surface area contributed by atoms with E-state index in [9.17, 15) is 0 Å². The van der Waals surface area contributed by atoms with E-state index >= 15 is 0 Å². The van der Waals surface area contributed by atoms with Crippen molar-refractivity contribution in [1.82, 2.24) is 9.78 Å². The molecule has 1 aromatic heterocycles. The van der Waals surface area contributed by atoms with Crippen LogP contribution >= 0.6 is 31.9 Å². The summed E-state index contributed by atoms with van der Waals surface area (Å²) in [7, 11) is 1.89. The first-order valence-electron chi connectivity index (χ1n) is 5.55. The topological polar surface area (TPSA) is 27.1 Å². The van der Waals surface area contributed by atoms with Crippen molar-refractivity contribution in [1.29, 1.82) is 0 Å². The van der Waals surface area contributed by atoms with Gasteiger partial charge in [0.15, 0.2) is 0 Å². The number of benzene rings is 1. The fourth-order valence-electron chi connectivity index (χ4n) is 1.76. The number of halogens is 2. The maximum atomic E-state index is 5.96. The first-order valence-corrected chi connectivity index (χ1v) is 7.46. The van der Waals surface area contributed by atoms with E-state index in [2.05, 4.69) is 37.0 Å². The van der Waals surface area contributed by atoms with Crippen molar-refractivity contribution in [2.24, 2.45) is 7.05 Å². The zero-order chi connectivity index (χ0) is 13.3. The third kappa shape index (κ3) is 2.62. The molecule has 0 N–H and O–H groups in total. The standard InChI is InChI=1S/C13H14Br2N2O/c1-8-4-5-12(11(15)6-8)18-13-10(7-14)9(2)16-17(13)3/h4-6H,7H2,1-3H3. The van der Waals surface area contributed by atoms with Crippen LogP contribution in [0.5, 0.6) is 11.6 Å². The van der Waals surface area contributed by atoms with Crippen molar-refractivity contribution >= 4 is 31.9 Å². The van der Waals surface area contributed by atoms with Crippen molar-refractivity contribution < 1.29 is 4.74 Å². The highest BCUT2D eigenvalue weighted by molar-refractivity contribution is 9.10. The number of aromatic nitrogens is 2. The van der Waals surface area contributed by atoms with Gasteiger partial charge in [-0.1, -0.05) is 22.0 Å². The van der Waals surface area contributed by atoms with Crippen LogP contribution in [0.1, 0.15) is 16.8 Å². The maximum Gasteiger partial charge on any atom is 0.221 e. The molecule has 0 radical (unpaired) electrons. The van der Waals surface area contributed by atoms with Gasteiger partial charge in [-0.15, -0.1) is 0 Å². The van der Waals surface area contributed by atoms with Crippen LogP contribution in [0.2, 0.25) is 0 Å². The van der Waals surface area contributed by atoms with E-state index in [0.29, 0.717) is 0 Å². The van der Waals surface area contributed by atoms with Gasteiger partial charge < -0.3 is 4.74 Å². The smallest absolute Gasteiger partial charge is 0.221 e. The summed E-state index contributed by atoms with van der Waals surface area (Å²) >= 11 is 6.99. The second-order valence-corrected chi connectivity index (χ2v) is 5.58. The van der Waals surface area contributed by atoms with E-state index < -0.39 is 0 Å². The normalized spacial score (nSPS) is 10.7. The monoisotopic (exact) mass is 372 g/mol. The minimum atomic E-state index is 0.728. The van der Waals surface area contributed by atoms with Gasteiger partial charge in [-0.2, -0.15) is 5.10 Å². The lowest BCUT2D eigenvalue weighted by atomic mass is 10.2. The summed E-state index contributed by atoms with van der Waals surface area (Å²) in [5.41, 5.74) is 3.24. The zero-order valence-corrected chi connectivity index (χ0v) is 13.7. The first-order chi connectivity index (χ1) is 8.52. The van der Waals surface area contributed by atoms with Gasteiger partial charge in [0, 0.05) is 17.9 Å². The molecule has 0 amide bonds. The Morgan fingerprint density at radius 1 is 1.33 bits per heavy atom. The fourth-order valence-corrected chi connectivity index (χ4v) is 2.97. The summed E-state index contributed by atoms with van der Waals surface area (Å²) in [5, 5.41) is 5.10. The Bertz CT molecular complexity index is 579. The Hall–Kier alpha value is -0.810. The van der Waals surface area contributed by atoms with Gasteiger partial charge in [-0.3, -0.25) is 0 Å². The Morgan fingerprint density at radius 2 is 2.06 bits per heavy atom. The van der Waals surface area contributed by atoms with Crippen LogP contribution in [0.4, 0.5) is 0 Å². The molecule has 0 aliphatic carbocycles. The van der Waals surface area contributed by atoms with Gasteiger partial charge in [0.2, 0.25) is 5.88 Å². The molecule has 0 fully saturated rings. The molecular formula is C13H14Br2N2O. The molecular weight excluding hydrogens is 360 g/mol. The highest BCUT2D eigenvalue weighted by atomic mass is 79.9. The number of hydrogen-bond donors (Lipinski definition) is 0. The number of nitrogens with zero attached hydrogens (tertiary/aromatic N) is 2. The maximum absolute atomic E-state index is 5.96. The van der Waals surface area contributed by atoms with Crippen LogP contribution in [-0.2, 0) is 12.4 Å². The van der Waals surface area contributed by atoms with Gasteiger partial charge in [0.1, 0.15) is 5.75 Å². The summed E-state index contributed by atoms with van der Waals surface area (Å²) < 4.78 is 8.67. The highest BCUT2D eigenvalue weighted by Gasteiger charge is 2.15. The molecule has 1 heterocycles. The second-order valence-electron chi connectivity index (χ2n) is 4.16. The first kappa shape index (κ1) is 13.6. The number of rotatable bonds is 3. The van der Waals surface area contributed by atoms with E-state index in [0.717, 1.165) is 32.7 Å². The molecule has 0 aliphatic heterocycles. The predicted molar refractivity (Wildman–Crippen MR) is 79.5 cm³/mol. The molecule has 0 saturated heterocycles. The summed E-state index contributed by atoms with van der Waals surface area (Å²) in [6.07, 6.45) is 0. The molecule has 0 saturated carbocycles. The lowest BCUT2D eigenvalue weighted by molar-refractivity contribution is 0.425. The van der Waals surface area contributed by atoms with Crippen molar-refractivity contribution in [3.63, 3.8) is 0 Å². The molecule has 5 heteroatoms. The second kappa shape index (κ2) is 5.45. The molecule has 0 unspecified atom stereocenters. The number of aryl methyl sites for hydroxylation is 3. The average molecular weight is 374 g/mol. The van der Waals surface area contributed by atoms with Gasteiger partial charge in [-0.25, -0.2) is 4.68 Å². The molecule has 0 spiro atoms. The van der Waals surface area contributed by atoms with Crippen LogP contribution in [0.3, 0.4) is 0 Å². The quantitative estimate of drug-likeness (QED) is 0.741. The molecule has 3 nitrogen and oxygen atoms in total. The minimum Gasteiger partial charge on any atom is -0.438 e. The largest absolute Gasteiger partial charge is 0.438 e. The molecule has 18 heavy (non-hydrogen) atoms. The number of alkyl halides is 1. The Balaban J connectivity index is 2.39. The molecule has 2 rings (SSSR count). The Kier molecular flexibility index (Phi) is 4.12. The van der Waals surface area contributed by atoms with Crippen LogP contribution in [0, 0.1) is 13.8 Å². The predicted octanol–water partition coefficient (Wildman–Crippen LogP) is 4.49. The van der Waals surface area contributed by atoms with Crippen molar-refractivity contribution in [2.75, 3.05) is 0 Å². The highest BCUT2D eigenvalue weighted by Crippen LogP contribution is 2.33. The molecule has 0 aliphatic rings. The van der Waals surface area contributed by atoms with Crippen LogP contribution in [-0.4, -0.2) is 9.78 Å². The SMILES string of the molecule is Cc1ccc(Oc2c(CBr)c(C)nn2C)c(Br)c1. The van der Waals surface area contributed by atoms with E-state index in [1.54, 1.807) is 4.68 Å². The van der Waals surface area contributed by atoms with E-state index in [1.165, 1.54) is 5.56 Å². The Morgan fingerprint density at radius 3 is 2.67 bits per heavy atom. The summed E-state index contributed by atoms with van der Waals surface area (Å²) in [6.45, 7) is 4.03. The molecule has 1 aromatic carbocycles. The summed E-state index contributed by atoms with van der Waals surface area (Å²) in [6, 6.07) is 6.02. The third-order valence-electron chi connectivity index (χ3n) is 2.72. The summed E-state index contributed by atoms with van der Waals surface area (Å²) in [5.74, 6) is 1.57. The van der Waals surface area contributed by atoms with Crippen molar-refractivity contribution in [3.05, 3.63) is 39.5 Å². The lowest BCUT2D eigenvalue weighted by Crippen LogP contribution is -1.97. The zero-order valence-electron chi connectivity index (χ0n) is 10.5. The lowest BCUT2D eigenvalue weighted by Gasteiger charge is -2.09. The molecule has 0 atom stereocenters. The van der Waals surface area contributed by atoms with Crippen molar-refractivity contribution in [3.8, 4) is 11.6 Å². The van der Waals surface area contributed by atoms with Crippen LogP contribution in [0.25, 0.3) is 0 Å². The number of hydrogen-bond acceptors (Lipinski definition) is 2. The van der Waals surface area contributed by atoms with Crippen LogP contribution < -0.4 is 4.74 Å². The van der Waals surface area contributed by atoms with Gasteiger partial charge in [-0.05, 0) is 47.5 Å². The van der Waals surface area contributed by atoms with E-state index in [-0.39, 0.29) is 0 Å². The molecule has 0 bridgehead atoms. The fraction of sp³-hybridized carbons (Fsp3) is 0.308. The van der Waals surface area contributed by atoms with Crippen LogP contribution in [0.15, 0.2) is 22.7 Å². The average Bonchev–Trinajstić information content (AvgIpc) is 2.57. The van der Waals surface area contributed by atoms with Gasteiger partial charge in [0.25, 0.3) is 0 Å². The minimum absolute atomic E-state index is 0.728. The van der Waals surface area contributed by atoms with Gasteiger partial charge >= 0.3 is 0 Å². The molecule has 96 valence electrons. The number of ether oxygens (including phenoxy) is 1. The van der Waals surface area contributed by atoms with E-state index in [1.807, 2.05) is 39.1 Å². The van der Waals surface area contributed by atoms with Gasteiger partial charge in [0.05, 0.1) is 10.2 Å². The summed E-state index contributed by atoms with van der Waals surface area (Å²) in [4.78, 5) is 0. The Labute approximate surface area is 123 Å². The third-order valence-corrected chi connectivity index (χ3v) is 3.90. The van der Waals surface area contributed by atoms with E-state index in [4.69, 9.17) is 4.74 Å².